The molecule has 5 heteroatoms. The summed E-state index contributed by atoms with van der Waals surface area (Å²) in [7, 11) is 1.74. The van der Waals surface area contributed by atoms with E-state index >= 15 is 0 Å². The second kappa shape index (κ2) is 3.60. The molecule has 0 fully saturated rings. The van der Waals surface area contributed by atoms with Gasteiger partial charge in [-0.1, -0.05) is 0 Å². The van der Waals surface area contributed by atoms with Gasteiger partial charge in [0.2, 0.25) is 0 Å². The van der Waals surface area contributed by atoms with Gasteiger partial charge < -0.3 is 10.8 Å². The molecule has 0 aliphatic rings. The molecular formula is C10H12FN3O. The normalized spacial score (nSPS) is 13.3. The van der Waals surface area contributed by atoms with Crippen LogP contribution in [-0.4, -0.2) is 21.5 Å². The van der Waals surface area contributed by atoms with Crippen LogP contribution in [0.1, 0.15) is 11.6 Å². The maximum absolute atomic E-state index is 13.6. The van der Waals surface area contributed by atoms with Gasteiger partial charge in [0.15, 0.2) is 0 Å². The first kappa shape index (κ1) is 10.1. The van der Waals surface area contributed by atoms with Crippen molar-refractivity contribution in [3.63, 3.8) is 0 Å². The predicted molar refractivity (Wildman–Crippen MR) is 54.7 cm³/mol. The number of hydrogen-bond acceptors (Lipinski definition) is 3. The van der Waals surface area contributed by atoms with Gasteiger partial charge in [0.25, 0.3) is 0 Å². The van der Waals surface area contributed by atoms with Gasteiger partial charge in [-0.25, -0.2) is 4.39 Å². The SMILES string of the molecule is Cn1ncc2cc(C(N)CO)c(F)cc21. The van der Waals surface area contributed by atoms with Crippen molar-refractivity contribution >= 4 is 10.9 Å². The fraction of sp³-hybridized carbons (Fsp3) is 0.300. The smallest absolute Gasteiger partial charge is 0.130 e. The highest BCUT2D eigenvalue weighted by molar-refractivity contribution is 5.79. The van der Waals surface area contributed by atoms with E-state index in [2.05, 4.69) is 5.10 Å². The second-order valence-corrected chi connectivity index (χ2v) is 3.49. The lowest BCUT2D eigenvalue weighted by atomic mass is 10.1. The van der Waals surface area contributed by atoms with Crippen LogP contribution in [0.4, 0.5) is 4.39 Å². The van der Waals surface area contributed by atoms with E-state index in [0.29, 0.717) is 11.1 Å². The van der Waals surface area contributed by atoms with Crippen molar-refractivity contribution in [1.82, 2.24) is 9.78 Å². The minimum Gasteiger partial charge on any atom is -0.394 e. The molecule has 0 saturated heterocycles. The Balaban J connectivity index is 2.63. The van der Waals surface area contributed by atoms with Gasteiger partial charge in [0.1, 0.15) is 5.82 Å². The Morgan fingerprint density at radius 2 is 2.33 bits per heavy atom. The predicted octanol–water partition coefficient (Wildman–Crippen LogP) is 0.705. The summed E-state index contributed by atoms with van der Waals surface area (Å²) >= 11 is 0. The molecule has 1 aromatic heterocycles. The molecule has 2 aromatic rings. The quantitative estimate of drug-likeness (QED) is 0.765. The summed E-state index contributed by atoms with van der Waals surface area (Å²) in [5, 5.41) is 13.7. The summed E-state index contributed by atoms with van der Waals surface area (Å²) in [6, 6.07) is 2.32. The van der Waals surface area contributed by atoms with Crippen LogP contribution >= 0.6 is 0 Å². The zero-order chi connectivity index (χ0) is 11.0. The van der Waals surface area contributed by atoms with E-state index < -0.39 is 11.9 Å². The van der Waals surface area contributed by atoms with Gasteiger partial charge in [0, 0.05) is 24.1 Å². The number of benzene rings is 1. The molecule has 2 rings (SSSR count). The molecule has 15 heavy (non-hydrogen) atoms. The maximum atomic E-state index is 13.6. The highest BCUT2D eigenvalue weighted by Gasteiger charge is 2.13. The number of fused-ring (bicyclic) bond motifs is 1. The molecule has 1 heterocycles. The van der Waals surface area contributed by atoms with Crippen LogP contribution in [0.2, 0.25) is 0 Å². The van der Waals surface area contributed by atoms with Crippen LogP contribution in [0.5, 0.6) is 0 Å². The molecular weight excluding hydrogens is 197 g/mol. The van der Waals surface area contributed by atoms with Gasteiger partial charge in [-0.3, -0.25) is 4.68 Å². The topological polar surface area (TPSA) is 64.1 Å². The lowest BCUT2D eigenvalue weighted by Gasteiger charge is -2.09. The minimum atomic E-state index is -0.686. The molecule has 0 aliphatic heterocycles. The summed E-state index contributed by atoms with van der Waals surface area (Å²) in [6.07, 6.45) is 1.64. The van der Waals surface area contributed by atoms with Crippen LogP contribution in [0.3, 0.4) is 0 Å². The number of aryl methyl sites for hydroxylation is 1. The Bertz CT molecular complexity index is 495. The second-order valence-electron chi connectivity index (χ2n) is 3.49. The van der Waals surface area contributed by atoms with Crippen LogP contribution in [-0.2, 0) is 7.05 Å². The molecule has 0 radical (unpaired) electrons. The molecule has 1 unspecified atom stereocenters. The van der Waals surface area contributed by atoms with E-state index in [0.717, 1.165) is 5.39 Å². The van der Waals surface area contributed by atoms with Crippen molar-refractivity contribution in [2.75, 3.05) is 6.61 Å². The third-order valence-corrected chi connectivity index (χ3v) is 2.46. The molecule has 4 nitrogen and oxygen atoms in total. The van der Waals surface area contributed by atoms with Gasteiger partial charge >= 0.3 is 0 Å². The first-order chi connectivity index (χ1) is 7.13. The van der Waals surface area contributed by atoms with E-state index in [1.54, 1.807) is 24.0 Å². The summed E-state index contributed by atoms with van der Waals surface area (Å²) in [4.78, 5) is 0. The van der Waals surface area contributed by atoms with Gasteiger partial charge in [-0.2, -0.15) is 5.10 Å². The molecule has 0 amide bonds. The molecule has 0 saturated carbocycles. The Labute approximate surface area is 86.1 Å². The molecule has 80 valence electrons. The fourth-order valence-corrected chi connectivity index (χ4v) is 1.57. The van der Waals surface area contributed by atoms with E-state index in [1.165, 1.54) is 6.07 Å². The molecule has 0 spiro atoms. The minimum absolute atomic E-state index is 0.275. The summed E-state index contributed by atoms with van der Waals surface area (Å²) in [6.45, 7) is -0.275. The Morgan fingerprint density at radius 1 is 1.60 bits per heavy atom. The fourth-order valence-electron chi connectivity index (χ4n) is 1.57. The average Bonchev–Trinajstić information content (AvgIpc) is 2.58. The monoisotopic (exact) mass is 209 g/mol. The standard InChI is InChI=1S/C10H12FN3O/c1-14-10-3-8(11)7(9(12)5-15)2-6(10)4-13-14/h2-4,9,15H,5,12H2,1H3. The molecule has 1 aromatic carbocycles. The number of nitrogens with two attached hydrogens (primary N) is 1. The third kappa shape index (κ3) is 1.60. The highest BCUT2D eigenvalue weighted by atomic mass is 19.1. The number of aliphatic hydroxyl groups is 1. The maximum Gasteiger partial charge on any atom is 0.130 e. The third-order valence-electron chi connectivity index (χ3n) is 2.46. The van der Waals surface area contributed by atoms with Crippen LogP contribution in [0, 0.1) is 5.82 Å². The van der Waals surface area contributed by atoms with Crippen molar-refractivity contribution in [1.29, 1.82) is 0 Å². The van der Waals surface area contributed by atoms with Crippen molar-refractivity contribution in [3.05, 3.63) is 29.7 Å². The number of rotatable bonds is 2. The van der Waals surface area contributed by atoms with E-state index in [9.17, 15) is 4.39 Å². The number of aliphatic hydroxyl groups excluding tert-OH is 1. The highest BCUT2D eigenvalue weighted by Crippen LogP contribution is 2.22. The number of aromatic nitrogens is 2. The van der Waals surface area contributed by atoms with Gasteiger partial charge in [-0.15, -0.1) is 0 Å². The van der Waals surface area contributed by atoms with Crippen LogP contribution < -0.4 is 5.73 Å². The largest absolute Gasteiger partial charge is 0.394 e. The number of hydrogen-bond donors (Lipinski definition) is 2. The summed E-state index contributed by atoms with van der Waals surface area (Å²) < 4.78 is 15.2. The zero-order valence-electron chi connectivity index (χ0n) is 8.31. The molecule has 3 N–H and O–H groups in total. The van der Waals surface area contributed by atoms with E-state index in [1.807, 2.05) is 0 Å². The Morgan fingerprint density at radius 3 is 3.00 bits per heavy atom. The number of nitrogens with zero attached hydrogens (tertiary/aromatic N) is 2. The molecule has 0 aliphatic carbocycles. The van der Waals surface area contributed by atoms with Gasteiger partial charge in [0.05, 0.1) is 24.4 Å². The average molecular weight is 209 g/mol. The van der Waals surface area contributed by atoms with Crippen molar-refractivity contribution in [2.24, 2.45) is 12.8 Å². The molecule has 1 atom stereocenters. The van der Waals surface area contributed by atoms with Crippen LogP contribution in [0.25, 0.3) is 10.9 Å². The van der Waals surface area contributed by atoms with Crippen molar-refractivity contribution in [3.8, 4) is 0 Å². The van der Waals surface area contributed by atoms with Gasteiger partial charge in [-0.05, 0) is 6.07 Å². The van der Waals surface area contributed by atoms with E-state index in [4.69, 9.17) is 10.8 Å². The summed E-state index contributed by atoms with van der Waals surface area (Å²) in [5.74, 6) is -0.410. The first-order valence-electron chi connectivity index (χ1n) is 4.61. The van der Waals surface area contributed by atoms with E-state index in [-0.39, 0.29) is 6.61 Å². The lowest BCUT2D eigenvalue weighted by molar-refractivity contribution is 0.265. The van der Waals surface area contributed by atoms with Crippen LogP contribution in [0.15, 0.2) is 18.3 Å². The Hall–Kier alpha value is -1.46. The summed E-state index contributed by atoms with van der Waals surface area (Å²) in [5.41, 5.74) is 6.60. The van der Waals surface area contributed by atoms with Crippen molar-refractivity contribution in [2.45, 2.75) is 6.04 Å². The molecule has 0 bridgehead atoms. The Kier molecular flexibility index (Phi) is 2.42. The zero-order valence-corrected chi connectivity index (χ0v) is 8.31. The first-order valence-corrected chi connectivity index (χ1v) is 4.61. The lowest BCUT2D eigenvalue weighted by Crippen LogP contribution is -2.16. The van der Waals surface area contributed by atoms with Crippen molar-refractivity contribution < 1.29 is 9.50 Å². The number of halogens is 1.